The first-order valence-electron chi connectivity index (χ1n) is 29.6. The molecule has 0 spiro atoms. The lowest BCUT2D eigenvalue weighted by Gasteiger charge is -2.19. The molecule has 0 aliphatic heterocycles. The van der Waals surface area contributed by atoms with Crippen LogP contribution in [0.2, 0.25) is 0 Å². The minimum atomic E-state index is 1.20. The molecule has 18 aromatic rings. The number of hydrogen-bond acceptors (Lipinski definition) is 2. The summed E-state index contributed by atoms with van der Waals surface area (Å²) in [6, 6.07) is 114. The fraction of sp³-hybridized carbons (Fsp3) is 0. The Labute approximate surface area is 505 Å². The van der Waals surface area contributed by atoms with Crippen LogP contribution >= 0.6 is 22.7 Å². The Balaban J connectivity index is 0.729. The SMILES string of the molecule is c1ccc(-c2cc(-c3c4ccccc4c(-c4ccc5cc(-c6ccc(-c7ccc(-c8c9ccccc9c(-c9ccc%10ccccc%10c9)c9ccccc89)c8c7sc7ccccc78)cc6)ccc5c4)c4ccccc34)c3c(c2)sc2ccccc23)cc1. The maximum atomic E-state index is 2.45. The van der Waals surface area contributed by atoms with E-state index >= 15 is 0 Å². The van der Waals surface area contributed by atoms with E-state index in [0.717, 1.165) is 0 Å². The van der Waals surface area contributed by atoms with Crippen molar-refractivity contribution in [2.45, 2.75) is 0 Å². The summed E-state index contributed by atoms with van der Waals surface area (Å²) in [4.78, 5) is 0. The molecule has 0 atom stereocenters. The van der Waals surface area contributed by atoms with Gasteiger partial charge in [0.15, 0.2) is 0 Å². The van der Waals surface area contributed by atoms with Crippen LogP contribution in [-0.4, -0.2) is 0 Å². The van der Waals surface area contributed by atoms with Gasteiger partial charge in [0.1, 0.15) is 0 Å². The smallest absolute Gasteiger partial charge is 0.0440 e. The van der Waals surface area contributed by atoms with Crippen LogP contribution in [0.4, 0.5) is 0 Å². The molecule has 0 saturated heterocycles. The third kappa shape index (κ3) is 7.67. The highest BCUT2D eigenvalue weighted by Crippen LogP contribution is 2.52. The van der Waals surface area contributed by atoms with Crippen molar-refractivity contribution in [1.29, 1.82) is 0 Å². The van der Waals surface area contributed by atoms with Crippen molar-refractivity contribution in [3.8, 4) is 77.9 Å². The predicted octanol–water partition coefficient (Wildman–Crippen LogP) is 25.0. The summed E-state index contributed by atoms with van der Waals surface area (Å²) in [6.45, 7) is 0. The van der Waals surface area contributed by atoms with E-state index in [-0.39, 0.29) is 0 Å². The first-order valence-corrected chi connectivity index (χ1v) is 31.3. The molecule has 0 bridgehead atoms. The average Bonchev–Trinajstić information content (AvgIpc) is 1.30. The van der Waals surface area contributed by atoms with Crippen molar-refractivity contribution in [2.24, 2.45) is 0 Å². The highest BCUT2D eigenvalue weighted by atomic mass is 32.1. The van der Waals surface area contributed by atoms with Gasteiger partial charge in [-0.3, -0.25) is 0 Å². The van der Waals surface area contributed by atoms with Gasteiger partial charge >= 0.3 is 0 Å². The summed E-state index contributed by atoms with van der Waals surface area (Å²) in [5, 5.41) is 20.3. The highest BCUT2D eigenvalue weighted by molar-refractivity contribution is 7.26. The van der Waals surface area contributed by atoms with Crippen LogP contribution in [0, 0.1) is 0 Å². The number of rotatable bonds is 7. The monoisotopic (exact) mass is 1120 g/mol. The van der Waals surface area contributed by atoms with E-state index < -0.39 is 0 Å². The van der Waals surface area contributed by atoms with E-state index in [1.807, 2.05) is 22.7 Å². The van der Waals surface area contributed by atoms with Gasteiger partial charge in [-0.05, 0) is 185 Å². The Kier molecular flexibility index (Phi) is 11.1. The standard InChI is InChI=1S/C84H50S2/c1-2-18-51(19-3-1)61-49-74(82-71-30-14-16-32-75(71)85-77(82)50-61)81-69-28-12-8-24-65(69)79(66-25-9-13-29-70(66)81)60-43-41-57-46-56(39-40-58(57)48-60)53-34-37-54(38-35-53)62-44-45-73(83-72-31-15-17-33-76(72)86-84(62)83)80-67-26-10-6-22-63(67)78(64-23-7-11-27-68(64)80)59-42-36-52-20-4-5-21-55(52)47-59/h1-50H. The van der Waals surface area contributed by atoms with E-state index in [0.29, 0.717) is 0 Å². The van der Waals surface area contributed by atoms with Crippen molar-refractivity contribution in [3.63, 3.8) is 0 Å². The molecule has 0 radical (unpaired) electrons. The van der Waals surface area contributed by atoms with Crippen molar-refractivity contribution in [2.75, 3.05) is 0 Å². The fourth-order valence-electron chi connectivity index (χ4n) is 14.3. The minimum Gasteiger partial charge on any atom is -0.135 e. The van der Waals surface area contributed by atoms with Crippen molar-refractivity contribution >= 4 is 128 Å². The van der Waals surface area contributed by atoms with Crippen LogP contribution in [0.25, 0.3) is 183 Å². The Morgan fingerprint density at radius 3 is 1.14 bits per heavy atom. The molecule has 0 nitrogen and oxygen atoms in total. The molecule has 2 heterocycles. The quantitative estimate of drug-likeness (QED) is 0.140. The molecule has 86 heavy (non-hydrogen) atoms. The zero-order valence-electron chi connectivity index (χ0n) is 46.7. The normalized spacial score (nSPS) is 12.0. The second-order valence-corrected chi connectivity index (χ2v) is 25.1. The molecule has 0 N–H and O–H groups in total. The molecule has 0 aliphatic rings. The fourth-order valence-corrected chi connectivity index (χ4v) is 16.8. The number of thiophene rings is 2. The molecule has 0 aliphatic carbocycles. The molecule has 398 valence electrons. The van der Waals surface area contributed by atoms with E-state index in [1.165, 1.54) is 183 Å². The van der Waals surface area contributed by atoms with Gasteiger partial charge in [-0.25, -0.2) is 0 Å². The molecule has 2 aromatic heterocycles. The largest absolute Gasteiger partial charge is 0.135 e. The van der Waals surface area contributed by atoms with Crippen LogP contribution in [0.5, 0.6) is 0 Å². The molecule has 16 aromatic carbocycles. The molecule has 0 saturated carbocycles. The third-order valence-corrected chi connectivity index (χ3v) is 20.5. The molecule has 2 heteroatoms. The van der Waals surface area contributed by atoms with Crippen LogP contribution in [0.15, 0.2) is 303 Å². The predicted molar refractivity (Wildman–Crippen MR) is 375 cm³/mol. The van der Waals surface area contributed by atoms with E-state index in [1.54, 1.807) is 0 Å². The van der Waals surface area contributed by atoms with Gasteiger partial charge in [0, 0.05) is 40.3 Å². The van der Waals surface area contributed by atoms with Crippen LogP contribution in [0.3, 0.4) is 0 Å². The Morgan fingerprint density at radius 2 is 0.558 bits per heavy atom. The summed E-state index contributed by atoms with van der Waals surface area (Å²) >= 11 is 3.80. The third-order valence-electron chi connectivity index (χ3n) is 18.2. The lowest BCUT2D eigenvalue weighted by Crippen LogP contribution is -1.92. The highest BCUT2D eigenvalue weighted by Gasteiger charge is 2.24. The average molecular weight is 1120 g/mol. The lowest BCUT2D eigenvalue weighted by molar-refractivity contribution is 1.62. The Morgan fingerprint density at radius 1 is 0.174 bits per heavy atom. The summed E-state index contributed by atoms with van der Waals surface area (Å²) in [5.41, 5.74) is 17.5. The molecular weight excluding hydrogens is 1070 g/mol. The Hall–Kier alpha value is -10.5. The first kappa shape index (κ1) is 49.0. The van der Waals surface area contributed by atoms with Gasteiger partial charge in [-0.15, -0.1) is 22.7 Å². The van der Waals surface area contributed by atoms with Crippen molar-refractivity contribution in [3.05, 3.63) is 303 Å². The van der Waals surface area contributed by atoms with Crippen LogP contribution in [0.1, 0.15) is 0 Å². The van der Waals surface area contributed by atoms with Gasteiger partial charge in [0.05, 0.1) is 0 Å². The maximum Gasteiger partial charge on any atom is 0.0440 e. The van der Waals surface area contributed by atoms with Gasteiger partial charge < -0.3 is 0 Å². The van der Waals surface area contributed by atoms with Crippen molar-refractivity contribution < 1.29 is 0 Å². The van der Waals surface area contributed by atoms with E-state index in [9.17, 15) is 0 Å². The summed E-state index contributed by atoms with van der Waals surface area (Å²) in [7, 11) is 0. The lowest BCUT2D eigenvalue weighted by atomic mass is 9.84. The maximum absolute atomic E-state index is 2.45. The number of benzene rings is 16. The minimum absolute atomic E-state index is 1.20. The van der Waals surface area contributed by atoms with Gasteiger partial charge in [0.25, 0.3) is 0 Å². The molecular formula is C84H50S2. The molecule has 0 fully saturated rings. The first-order chi connectivity index (χ1) is 42.6. The van der Waals surface area contributed by atoms with Gasteiger partial charge in [-0.2, -0.15) is 0 Å². The molecule has 0 unspecified atom stereocenters. The number of fused-ring (bicyclic) bond motifs is 12. The summed E-state index contributed by atoms with van der Waals surface area (Å²) < 4.78 is 5.23. The van der Waals surface area contributed by atoms with Crippen molar-refractivity contribution in [1.82, 2.24) is 0 Å². The molecule has 0 amide bonds. The summed E-state index contributed by atoms with van der Waals surface area (Å²) in [5.74, 6) is 0. The topological polar surface area (TPSA) is 0 Å². The number of hydrogen-bond donors (Lipinski definition) is 0. The van der Waals surface area contributed by atoms with Crippen LogP contribution < -0.4 is 0 Å². The van der Waals surface area contributed by atoms with Crippen LogP contribution in [-0.2, 0) is 0 Å². The Bertz CT molecular complexity index is 5710. The van der Waals surface area contributed by atoms with E-state index in [4.69, 9.17) is 0 Å². The summed E-state index contributed by atoms with van der Waals surface area (Å²) in [6.07, 6.45) is 0. The van der Waals surface area contributed by atoms with Gasteiger partial charge in [0.2, 0.25) is 0 Å². The second-order valence-electron chi connectivity index (χ2n) is 22.9. The zero-order chi connectivity index (χ0) is 56.4. The zero-order valence-corrected chi connectivity index (χ0v) is 48.3. The van der Waals surface area contributed by atoms with Gasteiger partial charge in [-0.1, -0.05) is 261 Å². The molecule has 18 rings (SSSR count). The van der Waals surface area contributed by atoms with E-state index in [2.05, 4.69) is 303 Å². The second kappa shape index (κ2) is 19.6.